The fourth-order valence-corrected chi connectivity index (χ4v) is 1.82. The number of hydrogen-bond acceptors (Lipinski definition) is 3. The molecule has 16 heavy (non-hydrogen) atoms. The normalized spacial score (nSPS) is 14.8. The van der Waals surface area contributed by atoms with Gasteiger partial charge >= 0.3 is 0 Å². The second-order valence-electron chi connectivity index (χ2n) is 4.06. The standard InChI is InChI=1S/C13H22N2O/c1-4-16-11(3)13(15-14)9-12-8-6-5-7-10(12)2/h5-8,11,13,15H,4,9,14H2,1-3H3. The molecule has 3 N–H and O–H groups in total. The van der Waals surface area contributed by atoms with E-state index in [2.05, 4.69) is 36.6 Å². The van der Waals surface area contributed by atoms with Crippen molar-refractivity contribution in [2.45, 2.75) is 39.3 Å². The average Bonchev–Trinajstić information content (AvgIpc) is 2.28. The highest BCUT2D eigenvalue weighted by atomic mass is 16.5. The van der Waals surface area contributed by atoms with Gasteiger partial charge in [0.05, 0.1) is 12.1 Å². The van der Waals surface area contributed by atoms with Gasteiger partial charge in [-0.2, -0.15) is 0 Å². The summed E-state index contributed by atoms with van der Waals surface area (Å²) < 4.78 is 5.56. The molecule has 1 rings (SSSR count). The molecule has 0 bridgehead atoms. The number of hydrogen-bond donors (Lipinski definition) is 2. The lowest BCUT2D eigenvalue weighted by atomic mass is 9.99. The Bertz CT molecular complexity index is 315. The number of nitrogens with one attached hydrogen (secondary N) is 1. The molecule has 0 aliphatic carbocycles. The summed E-state index contributed by atoms with van der Waals surface area (Å²) >= 11 is 0. The predicted molar refractivity (Wildman–Crippen MR) is 67.1 cm³/mol. The van der Waals surface area contributed by atoms with Crippen molar-refractivity contribution in [1.29, 1.82) is 0 Å². The van der Waals surface area contributed by atoms with Crippen LogP contribution in [0.15, 0.2) is 24.3 Å². The van der Waals surface area contributed by atoms with Crippen LogP contribution in [0, 0.1) is 6.92 Å². The van der Waals surface area contributed by atoms with Gasteiger partial charge < -0.3 is 4.74 Å². The minimum Gasteiger partial charge on any atom is -0.377 e. The minimum atomic E-state index is 0.120. The molecule has 0 aliphatic heterocycles. The summed E-state index contributed by atoms with van der Waals surface area (Å²) in [5.74, 6) is 5.57. The van der Waals surface area contributed by atoms with Crippen LogP contribution >= 0.6 is 0 Å². The molecule has 3 nitrogen and oxygen atoms in total. The molecule has 0 fully saturated rings. The van der Waals surface area contributed by atoms with Crippen molar-refractivity contribution in [1.82, 2.24) is 5.43 Å². The van der Waals surface area contributed by atoms with Gasteiger partial charge in [0.2, 0.25) is 0 Å². The summed E-state index contributed by atoms with van der Waals surface area (Å²) in [6.45, 7) is 6.88. The van der Waals surface area contributed by atoms with E-state index in [0.717, 1.165) is 6.42 Å². The van der Waals surface area contributed by atoms with E-state index in [0.29, 0.717) is 6.61 Å². The molecule has 90 valence electrons. The Kier molecular flexibility index (Phi) is 5.46. The van der Waals surface area contributed by atoms with Crippen molar-refractivity contribution in [2.24, 2.45) is 5.84 Å². The second-order valence-corrected chi connectivity index (χ2v) is 4.06. The third-order valence-electron chi connectivity index (χ3n) is 2.91. The second kappa shape index (κ2) is 6.63. The van der Waals surface area contributed by atoms with Crippen LogP contribution in [0.4, 0.5) is 0 Å². The lowest BCUT2D eigenvalue weighted by Crippen LogP contribution is -2.45. The summed E-state index contributed by atoms with van der Waals surface area (Å²) in [6.07, 6.45) is 1.01. The highest BCUT2D eigenvalue weighted by Crippen LogP contribution is 2.12. The molecule has 2 unspecified atom stereocenters. The molecule has 0 heterocycles. The number of aryl methyl sites for hydroxylation is 1. The van der Waals surface area contributed by atoms with Crippen molar-refractivity contribution in [3.05, 3.63) is 35.4 Å². The van der Waals surface area contributed by atoms with Gasteiger partial charge in [0.15, 0.2) is 0 Å². The van der Waals surface area contributed by atoms with Gasteiger partial charge in [0, 0.05) is 6.61 Å². The predicted octanol–water partition coefficient (Wildman–Crippen LogP) is 1.79. The molecule has 1 aromatic rings. The van der Waals surface area contributed by atoms with E-state index in [4.69, 9.17) is 10.6 Å². The van der Waals surface area contributed by atoms with Crippen molar-refractivity contribution >= 4 is 0 Å². The Morgan fingerprint density at radius 1 is 1.38 bits per heavy atom. The average molecular weight is 222 g/mol. The summed E-state index contributed by atoms with van der Waals surface area (Å²) in [5, 5.41) is 0. The van der Waals surface area contributed by atoms with E-state index >= 15 is 0 Å². The molecule has 0 aromatic heterocycles. The molecule has 1 aromatic carbocycles. The fraction of sp³-hybridized carbons (Fsp3) is 0.538. The first-order valence-electron chi connectivity index (χ1n) is 5.81. The van der Waals surface area contributed by atoms with Crippen molar-refractivity contribution < 1.29 is 4.74 Å². The Hall–Kier alpha value is -0.900. The Balaban J connectivity index is 2.66. The van der Waals surface area contributed by atoms with Crippen LogP contribution in [0.2, 0.25) is 0 Å². The van der Waals surface area contributed by atoms with Crippen LogP contribution in [-0.4, -0.2) is 18.8 Å². The van der Waals surface area contributed by atoms with Gasteiger partial charge in [-0.15, -0.1) is 0 Å². The van der Waals surface area contributed by atoms with E-state index in [9.17, 15) is 0 Å². The molecule has 0 spiro atoms. The zero-order chi connectivity index (χ0) is 12.0. The smallest absolute Gasteiger partial charge is 0.0716 e. The van der Waals surface area contributed by atoms with Crippen LogP contribution in [-0.2, 0) is 11.2 Å². The molecule has 0 amide bonds. The first-order chi connectivity index (χ1) is 7.69. The lowest BCUT2D eigenvalue weighted by molar-refractivity contribution is 0.0476. The van der Waals surface area contributed by atoms with Crippen molar-refractivity contribution in [2.75, 3.05) is 6.61 Å². The number of nitrogens with two attached hydrogens (primary N) is 1. The van der Waals surface area contributed by atoms with Gasteiger partial charge in [-0.05, 0) is 38.3 Å². The van der Waals surface area contributed by atoms with Gasteiger partial charge in [-0.1, -0.05) is 24.3 Å². The molecule has 0 radical (unpaired) electrons. The highest BCUT2D eigenvalue weighted by Gasteiger charge is 2.16. The zero-order valence-corrected chi connectivity index (χ0v) is 10.4. The topological polar surface area (TPSA) is 47.3 Å². The van der Waals surface area contributed by atoms with Gasteiger partial charge in [0.25, 0.3) is 0 Å². The number of hydrazine groups is 1. The summed E-state index contributed by atoms with van der Waals surface area (Å²) in [6, 6.07) is 8.52. The summed E-state index contributed by atoms with van der Waals surface area (Å²) in [7, 11) is 0. The molecule has 3 heteroatoms. The summed E-state index contributed by atoms with van der Waals surface area (Å²) in [4.78, 5) is 0. The minimum absolute atomic E-state index is 0.120. The molecule has 0 aliphatic rings. The number of rotatable bonds is 6. The zero-order valence-electron chi connectivity index (χ0n) is 10.4. The van der Waals surface area contributed by atoms with Crippen molar-refractivity contribution in [3.8, 4) is 0 Å². The maximum atomic E-state index is 5.57. The molecule has 0 saturated carbocycles. The van der Waals surface area contributed by atoms with E-state index in [1.807, 2.05) is 13.8 Å². The Morgan fingerprint density at radius 3 is 2.62 bits per heavy atom. The third-order valence-corrected chi connectivity index (χ3v) is 2.91. The first-order valence-corrected chi connectivity index (χ1v) is 5.81. The maximum absolute atomic E-state index is 5.57. The van der Waals surface area contributed by atoms with E-state index in [-0.39, 0.29) is 12.1 Å². The molecular weight excluding hydrogens is 200 g/mol. The summed E-state index contributed by atoms with van der Waals surface area (Å²) in [5.41, 5.74) is 5.45. The van der Waals surface area contributed by atoms with E-state index < -0.39 is 0 Å². The van der Waals surface area contributed by atoms with Crippen LogP contribution < -0.4 is 11.3 Å². The van der Waals surface area contributed by atoms with Crippen LogP contribution in [0.5, 0.6) is 0 Å². The van der Waals surface area contributed by atoms with Gasteiger partial charge in [-0.3, -0.25) is 11.3 Å². The molecular formula is C13H22N2O. The van der Waals surface area contributed by atoms with Gasteiger partial charge in [-0.25, -0.2) is 0 Å². The molecule has 2 atom stereocenters. The van der Waals surface area contributed by atoms with Crippen LogP contribution in [0.1, 0.15) is 25.0 Å². The quantitative estimate of drug-likeness (QED) is 0.570. The van der Waals surface area contributed by atoms with E-state index in [1.165, 1.54) is 11.1 Å². The van der Waals surface area contributed by atoms with Crippen molar-refractivity contribution in [3.63, 3.8) is 0 Å². The lowest BCUT2D eigenvalue weighted by Gasteiger charge is -2.23. The highest BCUT2D eigenvalue weighted by molar-refractivity contribution is 5.26. The maximum Gasteiger partial charge on any atom is 0.0716 e. The Labute approximate surface area is 98.0 Å². The number of ether oxygens (including phenoxy) is 1. The third kappa shape index (κ3) is 3.59. The Morgan fingerprint density at radius 2 is 2.06 bits per heavy atom. The molecule has 0 saturated heterocycles. The first kappa shape index (κ1) is 13.2. The van der Waals surface area contributed by atoms with Crippen LogP contribution in [0.25, 0.3) is 0 Å². The van der Waals surface area contributed by atoms with Gasteiger partial charge in [0.1, 0.15) is 0 Å². The van der Waals surface area contributed by atoms with Crippen LogP contribution in [0.3, 0.4) is 0 Å². The van der Waals surface area contributed by atoms with E-state index in [1.54, 1.807) is 0 Å². The fourth-order valence-electron chi connectivity index (χ4n) is 1.82. The largest absolute Gasteiger partial charge is 0.377 e. The SMILES string of the molecule is CCOC(C)C(Cc1ccccc1C)NN. The monoisotopic (exact) mass is 222 g/mol. The number of benzene rings is 1.